The first-order chi connectivity index (χ1) is 11.2. The van der Waals surface area contributed by atoms with Gasteiger partial charge in [-0.15, -0.1) is 11.3 Å². The lowest BCUT2D eigenvalue weighted by molar-refractivity contribution is -0.129. The average Bonchev–Trinajstić information content (AvgIpc) is 3.11. The second kappa shape index (κ2) is 7.32. The van der Waals surface area contributed by atoms with Gasteiger partial charge in [-0.2, -0.15) is 0 Å². The normalized spacial score (nSPS) is 24.3. The molecular formula is C18H28N2O2S. The largest absolute Gasteiger partial charge is 0.375 e. The summed E-state index contributed by atoms with van der Waals surface area (Å²) in [4.78, 5) is 17.9. The summed E-state index contributed by atoms with van der Waals surface area (Å²) in [6, 6.07) is 4.51. The van der Waals surface area contributed by atoms with Gasteiger partial charge in [-0.25, -0.2) is 0 Å². The van der Waals surface area contributed by atoms with E-state index in [1.807, 2.05) is 22.4 Å². The Morgan fingerprint density at radius 3 is 2.74 bits per heavy atom. The minimum absolute atomic E-state index is 0.00225. The Labute approximate surface area is 143 Å². The monoisotopic (exact) mass is 336 g/mol. The number of hydrogen-bond donors (Lipinski definition) is 0. The van der Waals surface area contributed by atoms with Crippen molar-refractivity contribution in [3.8, 4) is 0 Å². The van der Waals surface area contributed by atoms with E-state index in [4.69, 9.17) is 4.74 Å². The van der Waals surface area contributed by atoms with Gasteiger partial charge in [0, 0.05) is 25.7 Å². The van der Waals surface area contributed by atoms with E-state index in [1.54, 1.807) is 0 Å². The molecule has 1 aromatic heterocycles. The zero-order chi connectivity index (χ0) is 16.3. The first-order valence-corrected chi connectivity index (χ1v) is 9.76. The first-order valence-electron chi connectivity index (χ1n) is 8.88. The molecule has 4 nitrogen and oxygen atoms in total. The van der Waals surface area contributed by atoms with Crippen molar-refractivity contribution in [1.29, 1.82) is 0 Å². The molecular weight excluding hydrogens is 308 g/mol. The lowest BCUT2D eigenvalue weighted by Crippen LogP contribution is -2.54. The second-order valence-electron chi connectivity index (χ2n) is 6.67. The van der Waals surface area contributed by atoms with Gasteiger partial charge in [0.15, 0.2) is 0 Å². The topological polar surface area (TPSA) is 32.8 Å². The number of amides is 1. The third-order valence-electron chi connectivity index (χ3n) is 5.49. The molecule has 1 amide bonds. The Kier molecular flexibility index (Phi) is 5.39. The molecule has 2 fully saturated rings. The molecule has 2 saturated heterocycles. The molecule has 1 spiro atoms. The molecule has 0 radical (unpaired) electrons. The number of likely N-dealkylation sites (tertiary alicyclic amines) is 1. The van der Waals surface area contributed by atoms with E-state index >= 15 is 0 Å². The molecule has 0 N–H and O–H groups in total. The van der Waals surface area contributed by atoms with E-state index in [0.717, 1.165) is 63.3 Å². The molecule has 23 heavy (non-hydrogen) atoms. The van der Waals surface area contributed by atoms with E-state index < -0.39 is 0 Å². The van der Waals surface area contributed by atoms with E-state index in [-0.39, 0.29) is 11.5 Å². The summed E-state index contributed by atoms with van der Waals surface area (Å²) in [7, 11) is 0. The SMILES string of the molecule is CCN(CC)C1CCOC2(CCN(C(=O)c3cccs3)CC2)C1. The summed E-state index contributed by atoms with van der Waals surface area (Å²) < 4.78 is 6.23. The van der Waals surface area contributed by atoms with Gasteiger partial charge in [-0.05, 0) is 50.2 Å². The minimum atomic E-state index is -0.00225. The van der Waals surface area contributed by atoms with E-state index in [9.17, 15) is 4.79 Å². The zero-order valence-corrected chi connectivity index (χ0v) is 15.1. The number of nitrogens with zero attached hydrogens (tertiary/aromatic N) is 2. The van der Waals surface area contributed by atoms with E-state index in [0.29, 0.717) is 6.04 Å². The molecule has 0 aromatic carbocycles. The second-order valence-corrected chi connectivity index (χ2v) is 7.62. The van der Waals surface area contributed by atoms with Gasteiger partial charge >= 0.3 is 0 Å². The molecule has 0 bridgehead atoms. The number of thiophene rings is 1. The Hall–Kier alpha value is -0.910. The molecule has 1 unspecified atom stereocenters. The Balaban J connectivity index is 1.60. The van der Waals surface area contributed by atoms with Crippen LogP contribution >= 0.6 is 11.3 Å². The zero-order valence-electron chi connectivity index (χ0n) is 14.3. The summed E-state index contributed by atoms with van der Waals surface area (Å²) in [5.41, 5.74) is -0.00225. The highest BCUT2D eigenvalue weighted by molar-refractivity contribution is 7.12. The van der Waals surface area contributed by atoms with Gasteiger partial charge in [0.1, 0.15) is 0 Å². The van der Waals surface area contributed by atoms with Gasteiger partial charge in [0.2, 0.25) is 0 Å². The predicted octanol–water partition coefficient (Wildman–Crippen LogP) is 3.24. The number of hydrogen-bond acceptors (Lipinski definition) is 4. The van der Waals surface area contributed by atoms with Crippen molar-refractivity contribution in [2.75, 3.05) is 32.8 Å². The summed E-state index contributed by atoms with van der Waals surface area (Å²) in [6.45, 7) is 9.21. The third-order valence-corrected chi connectivity index (χ3v) is 6.35. The average molecular weight is 337 g/mol. The van der Waals surface area contributed by atoms with Gasteiger partial charge < -0.3 is 14.5 Å². The number of piperidine rings is 1. The van der Waals surface area contributed by atoms with Crippen LogP contribution in [-0.2, 0) is 4.74 Å². The molecule has 0 aliphatic carbocycles. The van der Waals surface area contributed by atoms with E-state index in [1.165, 1.54) is 11.3 Å². The van der Waals surface area contributed by atoms with Crippen molar-refractivity contribution in [2.24, 2.45) is 0 Å². The third kappa shape index (κ3) is 3.62. The molecule has 2 aliphatic rings. The van der Waals surface area contributed by atoms with Gasteiger partial charge in [-0.1, -0.05) is 19.9 Å². The van der Waals surface area contributed by atoms with Gasteiger partial charge in [-0.3, -0.25) is 4.79 Å². The van der Waals surface area contributed by atoms with Crippen LogP contribution in [-0.4, -0.2) is 60.1 Å². The fourth-order valence-corrected chi connectivity index (χ4v) is 4.77. The van der Waals surface area contributed by atoms with E-state index in [2.05, 4.69) is 18.7 Å². The van der Waals surface area contributed by atoms with Crippen molar-refractivity contribution in [2.45, 2.75) is 51.2 Å². The standard InChI is InChI=1S/C18H28N2O2S/c1-3-19(4-2)15-7-12-22-18(14-15)8-10-20(11-9-18)17(21)16-6-5-13-23-16/h5-6,13,15H,3-4,7-12,14H2,1-2H3. The maximum atomic E-state index is 12.5. The maximum Gasteiger partial charge on any atom is 0.263 e. The fourth-order valence-electron chi connectivity index (χ4n) is 4.08. The minimum Gasteiger partial charge on any atom is -0.375 e. The number of carbonyl (C=O) groups is 1. The molecule has 2 aliphatic heterocycles. The maximum absolute atomic E-state index is 12.5. The molecule has 1 atom stereocenters. The lowest BCUT2D eigenvalue weighted by Gasteiger charge is -2.48. The number of ether oxygens (including phenoxy) is 1. The molecule has 0 saturated carbocycles. The quantitative estimate of drug-likeness (QED) is 0.846. The van der Waals surface area contributed by atoms with Gasteiger partial charge in [0.25, 0.3) is 5.91 Å². The summed E-state index contributed by atoms with van der Waals surface area (Å²) in [6.07, 6.45) is 4.21. The van der Waals surface area contributed by atoms with Crippen LogP contribution < -0.4 is 0 Å². The number of rotatable bonds is 4. The summed E-state index contributed by atoms with van der Waals surface area (Å²) in [5.74, 6) is 0.186. The predicted molar refractivity (Wildman–Crippen MR) is 94.1 cm³/mol. The summed E-state index contributed by atoms with van der Waals surface area (Å²) >= 11 is 1.53. The van der Waals surface area contributed by atoms with Crippen LogP contribution in [0.5, 0.6) is 0 Å². The molecule has 128 valence electrons. The van der Waals surface area contributed by atoms with Crippen LogP contribution in [0.2, 0.25) is 0 Å². The molecule has 1 aromatic rings. The summed E-state index contributed by atoms with van der Waals surface area (Å²) in [5, 5.41) is 1.97. The van der Waals surface area contributed by atoms with Crippen LogP contribution in [0.3, 0.4) is 0 Å². The van der Waals surface area contributed by atoms with Crippen LogP contribution in [0, 0.1) is 0 Å². The smallest absolute Gasteiger partial charge is 0.263 e. The van der Waals surface area contributed by atoms with Crippen molar-refractivity contribution in [3.63, 3.8) is 0 Å². The number of carbonyl (C=O) groups excluding carboxylic acids is 1. The van der Waals surface area contributed by atoms with Gasteiger partial charge in [0.05, 0.1) is 10.5 Å². The molecule has 3 heterocycles. The van der Waals surface area contributed by atoms with Crippen molar-refractivity contribution >= 4 is 17.2 Å². The first kappa shape index (κ1) is 16.9. The highest BCUT2D eigenvalue weighted by Crippen LogP contribution is 2.37. The van der Waals surface area contributed by atoms with Crippen molar-refractivity contribution < 1.29 is 9.53 Å². The molecule has 3 rings (SSSR count). The van der Waals surface area contributed by atoms with Crippen LogP contribution in [0.1, 0.15) is 49.2 Å². The van der Waals surface area contributed by atoms with Crippen LogP contribution in [0.15, 0.2) is 17.5 Å². The Bertz CT molecular complexity index is 505. The Morgan fingerprint density at radius 1 is 1.39 bits per heavy atom. The lowest BCUT2D eigenvalue weighted by atomic mass is 9.81. The molecule has 5 heteroatoms. The highest BCUT2D eigenvalue weighted by Gasteiger charge is 2.42. The van der Waals surface area contributed by atoms with Crippen molar-refractivity contribution in [1.82, 2.24) is 9.80 Å². The Morgan fingerprint density at radius 2 is 2.13 bits per heavy atom. The highest BCUT2D eigenvalue weighted by atomic mass is 32.1. The van der Waals surface area contributed by atoms with Crippen LogP contribution in [0.25, 0.3) is 0 Å². The van der Waals surface area contributed by atoms with Crippen LogP contribution in [0.4, 0.5) is 0 Å². The fraction of sp³-hybridized carbons (Fsp3) is 0.722. The van der Waals surface area contributed by atoms with Crippen molar-refractivity contribution in [3.05, 3.63) is 22.4 Å².